The van der Waals surface area contributed by atoms with Gasteiger partial charge in [0.05, 0.1) is 19.0 Å². The van der Waals surface area contributed by atoms with Crippen LogP contribution in [0.5, 0.6) is 5.75 Å². The number of halogens is 2. The van der Waals surface area contributed by atoms with Crippen LogP contribution in [0.15, 0.2) is 38.8 Å². The number of hydrazone groups is 1. The Morgan fingerprint density at radius 1 is 1.55 bits per heavy atom. The van der Waals surface area contributed by atoms with Gasteiger partial charge in [0.1, 0.15) is 16.5 Å². The molecule has 22 heavy (non-hydrogen) atoms. The van der Waals surface area contributed by atoms with Crippen molar-refractivity contribution in [3.05, 3.63) is 49.8 Å². The van der Waals surface area contributed by atoms with Gasteiger partial charge in [-0.3, -0.25) is 10.2 Å². The Balaban J connectivity index is 2.17. The van der Waals surface area contributed by atoms with Crippen LogP contribution in [0, 0.1) is 0 Å². The van der Waals surface area contributed by atoms with Crippen molar-refractivity contribution in [2.45, 2.75) is 13.3 Å². The summed E-state index contributed by atoms with van der Waals surface area (Å²) in [6, 6.07) is 5.64. The molecule has 0 saturated heterocycles. The molecule has 6 nitrogen and oxygen atoms in total. The average molecular weight is 386 g/mol. The Morgan fingerprint density at radius 2 is 2.36 bits per heavy atom. The van der Waals surface area contributed by atoms with E-state index in [9.17, 15) is 4.79 Å². The maximum absolute atomic E-state index is 11.3. The molecule has 1 aromatic heterocycles. The van der Waals surface area contributed by atoms with Crippen molar-refractivity contribution in [3.8, 4) is 5.75 Å². The first-order valence-electron chi connectivity index (χ1n) is 6.56. The molecular formula is C14H14BrClN4O2. The number of rotatable bonds is 6. The van der Waals surface area contributed by atoms with Crippen LogP contribution in [0.4, 0.5) is 5.69 Å². The fourth-order valence-corrected chi connectivity index (χ4v) is 2.11. The van der Waals surface area contributed by atoms with Crippen LogP contribution >= 0.6 is 27.5 Å². The highest BCUT2D eigenvalue weighted by Gasteiger charge is 2.04. The summed E-state index contributed by atoms with van der Waals surface area (Å²) in [7, 11) is 0. The highest BCUT2D eigenvalue weighted by atomic mass is 79.9. The van der Waals surface area contributed by atoms with E-state index in [1.54, 1.807) is 6.21 Å². The number of hydrogen-bond donors (Lipinski definition) is 2. The average Bonchev–Trinajstić information content (AvgIpc) is 2.51. The molecule has 0 aliphatic rings. The lowest BCUT2D eigenvalue weighted by molar-refractivity contribution is 0.317. The molecule has 0 atom stereocenters. The highest BCUT2D eigenvalue weighted by Crippen LogP contribution is 2.22. The van der Waals surface area contributed by atoms with Gasteiger partial charge in [-0.25, -0.2) is 5.10 Å². The minimum atomic E-state index is -0.476. The first-order chi connectivity index (χ1) is 10.6. The molecule has 1 aromatic carbocycles. The highest BCUT2D eigenvalue weighted by molar-refractivity contribution is 9.10. The molecule has 8 heteroatoms. The van der Waals surface area contributed by atoms with Gasteiger partial charge in [0.25, 0.3) is 5.56 Å². The summed E-state index contributed by atoms with van der Waals surface area (Å²) >= 11 is 9.26. The van der Waals surface area contributed by atoms with Crippen LogP contribution in [0.2, 0.25) is 5.02 Å². The van der Waals surface area contributed by atoms with Gasteiger partial charge < -0.3 is 4.74 Å². The Bertz CT molecular complexity index is 733. The van der Waals surface area contributed by atoms with Crippen LogP contribution in [0.25, 0.3) is 0 Å². The molecule has 2 rings (SSSR count). The van der Waals surface area contributed by atoms with Crippen LogP contribution in [-0.2, 0) is 0 Å². The maximum atomic E-state index is 11.3. The molecule has 0 unspecified atom stereocenters. The first-order valence-corrected chi connectivity index (χ1v) is 7.73. The molecule has 0 amide bonds. The number of benzene rings is 1. The Labute approximate surface area is 140 Å². The lowest BCUT2D eigenvalue weighted by Gasteiger charge is -2.08. The van der Waals surface area contributed by atoms with Crippen molar-refractivity contribution in [2.24, 2.45) is 5.10 Å². The van der Waals surface area contributed by atoms with E-state index < -0.39 is 5.56 Å². The van der Waals surface area contributed by atoms with Crippen LogP contribution in [0.1, 0.15) is 18.9 Å². The molecule has 0 saturated carbocycles. The van der Waals surface area contributed by atoms with Gasteiger partial charge in [-0.05, 0) is 24.6 Å². The molecule has 0 aliphatic heterocycles. The zero-order chi connectivity index (χ0) is 15.9. The quantitative estimate of drug-likeness (QED) is 0.590. The van der Waals surface area contributed by atoms with Crippen LogP contribution in [0.3, 0.4) is 0 Å². The second-order valence-electron chi connectivity index (χ2n) is 4.33. The monoisotopic (exact) mass is 384 g/mol. The zero-order valence-corrected chi connectivity index (χ0v) is 14.1. The maximum Gasteiger partial charge on any atom is 0.285 e. The summed E-state index contributed by atoms with van der Waals surface area (Å²) in [6.07, 6.45) is 3.89. The van der Waals surface area contributed by atoms with Gasteiger partial charge in [0, 0.05) is 10.0 Å². The minimum Gasteiger partial charge on any atom is -0.493 e. The van der Waals surface area contributed by atoms with Crippen molar-refractivity contribution < 1.29 is 4.74 Å². The molecule has 2 N–H and O–H groups in total. The predicted octanol–water partition coefficient (Wildman–Crippen LogP) is 3.42. The number of aromatic nitrogens is 2. The molecule has 0 fully saturated rings. The fraction of sp³-hybridized carbons (Fsp3) is 0.214. The van der Waals surface area contributed by atoms with Gasteiger partial charge in [-0.15, -0.1) is 0 Å². The zero-order valence-electron chi connectivity index (χ0n) is 11.8. The number of anilines is 1. The number of nitrogens with one attached hydrogen (secondary N) is 2. The van der Waals surface area contributed by atoms with Crippen molar-refractivity contribution in [1.82, 2.24) is 10.2 Å². The normalized spacial score (nSPS) is 10.9. The fourth-order valence-electron chi connectivity index (χ4n) is 1.60. The number of nitrogens with zero attached hydrogens (tertiary/aromatic N) is 2. The predicted molar refractivity (Wildman–Crippen MR) is 91.0 cm³/mol. The molecule has 0 aliphatic carbocycles. The van der Waals surface area contributed by atoms with Gasteiger partial charge in [0.2, 0.25) is 0 Å². The Kier molecular flexibility index (Phi) is 5.97. The molecule has 0 spiro atoms. The van der Waals surface area contributed by atoms with Gasteiger partial charge in [-0.1, -0.05) is 34.5 Å². The standard InChI is InChI=1S/C14H14BrClN4O2/c1-2-5-22-12-4-3-10(15)6-9(12)7-17-19-11-8-18-20-14(21)13(11)16/h3-4,6-8H,2,5H2,1H3,(H2,19,20,21)/b17-7-. The molecule has 116 valence electrons. The number of aromatic amines is 1. The summed E-state index contributed by atoms with van der Waals surface area (Å²) in [5, 5.41) is 9.96. The van der Waals surface area contributed by atoms with Crippen molar-refractivity contribution in [2.75, 3.05) is 12.0 Å². The third kappa shape index (κ3) is 4.32. The van der Waals surface area contributed by atoms with Crippen LogP contribution < -0.4 is 15.7 Å². The van der Waals surface area contributed by atoms with E-state index in [1.807, 2.05) is 25.1 Å². The Morgan fingerprint density at radius 3 is 3.14 bits per heavy atom. The van der Waals surface area contributed by atoms with Crippen LogP contribution in [-0.4, -0.2) is 23.0 Å². The topological polar surface area (TPSA) is 79.4 Å². The van der Waals surface area contributed by atoms with Crippen molar-refractivity contribution in [3.63, 3.8) is 0 Å². The number of H-pyrrole nitrogens is 1. The lowest BCUT2D eigenvalue weighted by Crippen LogP contribution is -2.10. The third-order valence-electron chi connectivity index (χ3n) is 2.62. The largest absolute Gasteiger partial charge is 0.493 e. The summed E-state index contributed by atoms with van der Waals surface area (Å²) < 4.78 is 6.56. The smallest absolute Gasteiger partial charge is 0.285 e. The van der Waals surface area contributed by atoms with E-state index in [4.69, 9.17) is 16.3 Å². The summed E-state index contributed by atoms with van der Waals surface area (Å²) in [5.41, 5.74) is 3.34. The SMILES string of the molecule is CCCOc1ccc(Br)cc1/C=N\Nc1cn[nH]c(=O)c1Cl. The minimum absolute atomic E-state index is 0.00356. The van der Waals surface area contributed by atoms with E-state index in [-0.39, 0.29) is 5.02 Å². The van der Waals surface area contributed by atoms with Gasteiger partial charge in [-0.2, -0.15) is 10.2 Å². The van der Waals surface area contributed by atoms with Crippen molar-refractivity contribution >= 4 is 39.4 Å². The van der Waals surface area contributed by atoms with E-state index in [1.165, 1.54) is 6.20 Å². The summed E-state index contributed by atoms with van der Waals surface area (Å²) in [5.74, 6) is 0.728. The summed E-state index contributed by atoms with van der Waals surface area (Å²) in [6.45, 7) is 2.66. The molecule has 2 aromatic rings. The van der Waals surface area contributed by atoms with E-state index in [0.717, 1.165) is 22.2 Å². The molecule has 0 bridgehead atoms. The molecular weight excluding hydrogens is 372 g/mol. The second-order valence-corrected chi connectivity index (χ2v) is 5.62. The van der Waals surface area contributed by atoms with E-state index in [2.05, 4.69) is 36.7 Å². The van der Waals surface area contributed by atoms with Gasteiger partial charge >= 0.3 is 0 Å². The molecule has 1 heterocycles. The second kappa shape index (κ2) is 7.95. The third-order valence-corrected chi connectivity index (χ3v) is 3.49. The van der Waals surface area contributed by atoms with Gasteiger partial charge in [0.15, 0.2) is 0 Å². The number of ether oxygens (including phenoxy) is 1. The first kappa shape index (κ1) is 16.5. The molecule has 0 radical (unpaired) electrons. The van der Waals surface area contributed by atoms with Crippen molar-refractivity contribution in [1.29, 1.82) is 0 Å². The Hall–Kier alpha value is -1.86. The number of hydrogen-bond acceptors (Lipinski definition) is 5. The van der Waals surface area contributed by atoms with E-state index >= 15 is 0 Å². The summed E-state index contributed by atoms with van der Waals surface area (Å²) in [4.78, 5) is 11.3. The van der Waals surface area contributed by atoms with E-state index in [0.29, 0.717) is 12.3 Å². The lowest BCUT2D eigenvalue weighted by atomic mass is 10.2.